The summed E-state index contributed by atoms with van der Waals surface area (Å²) in [4.78, 5) is 10.9. The van der Waals surface area contributed by atoms with Crippen LogP contribution in [0.3, 0.4) is 0 Å². The van der Waals surface area contributed by atoms with Gasteiger partial charge in [0.2, 0.25) is 0 Å². The van der Waals surface area contributed by atoms with E-state index in [0.717, 1.165) is 31.5 Å². The zero-order chi connectivity index (χ0) is 12.8. The van der Waals surface area contributed by atoms with E-state index in [0.29, 0.717) is 23.8 Å². The maximum atomic E-state index is 10.9. The number of rotatable bonds is 7. The Morgan fingerprint density at radius 2 is 2.12 bits per heavy atom. The predicted octanol–water partition coefficient (Wildman–Crippen LogP) is 2.58. The second-order valence-corrected chi connectivity index (χ2v) is 5.23. The van der Waals surface area contributed by atoms with Crippen LogP contribution in [0.2, 0.25) is 0 Å². The predicted molar refractivity (Wildman–Crippen MR) is 71.6 cm³/mol. The van der Waals surface area contributed by atoms with E-state index in [4.69, 9.17) is 0 Å². The van der Waals surface area contributed by atoms with Gasteiger partial charge in [-0.05, 0) is 32.1 Å². The van der Waals surface area contributed by atoms with Crippen molar-refractivity contribution in [2.75, 3.05) is 0 Å². The van der Waals surface area contributed by atoms with Crippen LogP contribution in [0.5, 0.6) is 0 Å². The zero-order valence-electron chi connectivity index (χ0n) is 11.4. The van der Waals surface area contributed by atoms with E-state index in [1.807, 2.05) is 0 Å². The number of hydrogen-bond acceptors (Lipinski definition) is 3. The number of Topliss-reactive ketones (excluding diaryl/α,β-unsaturated/α-hetero) is 1. The van der Waals surface area contributed by atoms with E-state index in [-0.39, 0.29) is 0 Å². The Kier molecular flexibility index (Phi) is 5.52. The van der Waals surface area contributed by atoms with Crippen molar-refractivity contribution in [3.63, 3.8) is 0 Å². The Morgan fingerprint density at radius 3 is 2.71 bits per heavy atom. The molecule has 0 aromatic heterocycles. The normalized spacial score (nSPS) is 25.2. The zero-order valence-corrected chi connectivity index (χ0v) is 11.4. The summed E-state index contributed by atoms with van der Waals surface area (Å²) in [6, 6.07) is 0.995. The molecule has 0 bridgehead atoms. The molecular formula is C14H26N2O. The Morgan fingerprint density at radius 1 is 1.41 bits per heavy atom. The van der Waals surface area contributed by atoms with E-state index in [2.05, 4.69) is 31.1 Å². The Bertz CT molecular complexity index is 275. The third-order valence-electron chi connectivity index (χ3n) is 3.63. The van der Waals surface area contributed by atoms with Crippen molar-refractivity contribution >= 4 is 5.78 Å². The highest BCUT2D eigenvalue weighted by Gasteiger charge is 2.30. The summed E-state index contributed by atoms with van der Waals surface area (Å²) in [6.07, 6.45) is 5.19. The van der Waals surface area contributed by atoms with Gasteiger partial charge in [-0.25, -0.2) is 0 Å². The molecule has 0 radical (unpaired) electrons. The lowest BCUT2D eigenvalue weighted by Crippen LogP contribution is -2.38. The molecule has 0 unspecified atom stereocenters. The van der Waals surface area contributed by atoms with Gasteiger partial charge in [0.1, 0.15) is 5.78 Å². The van der Waals surface area contributed by atoms with Crippen molar-refractivity contribution < 1.29 is 4.79 Å². The molecule has 0 aromatic carbocycles. The lowest BCUT2D eigenvalue weighted by Gasteiger charge is -2.24. The monoisotopic (exact) mass is 238 g/mol. The molecule has 3 atom stereocenters. The third-order valence-corrected chi connectivity index (χ3v) is 3.63. The van der Waals surface area contributed by atoms with Crippen LogP contribution >= 0.6 is 0 Å². The van der Waals surface area contributed by atoms with E-state index in [1.54, 1.807) is 6.92 Å². The minimum absolute atomic E-state index is 0.304. The van der Waals surface area contributed by atoms with Crippen molar-refractivity contribution in [1.29, 1.82) is 0 Å². The standard InChI is InChI=1S/C14H26N2O/c1-5-13-14(16-12(4)15-13)10(2)8-6-7-9-11(3)17/h10,13-16H,4-9H2,1-3H3/t10-,13-,14+/m0/s1. The summed E-state index contributed by atoms with van der Waals surface area (Å²) in [5.41, 5.74) is 0. The number of ketones is 1. The topological polar surface area (TPSA) is 41.1 Å². The van der Waals surface area contributed by atoms with Crippen molar-refractivity contribution in [1.82, 2.24) is 10.6 Å². The van der Waals surface area contributed by atoms with Gasteiger partial charge in [-0.2, -0.15) is 0 Å². The van der Waals surface area contributed by atoms with Crippen molar-refractivity contribution in [3.8, 4) is 0 Å². The molecule has 17 heavy (non-hydrogen) atoms. The summed E-state index contributed by atoms with van der Waals surface area (Å²) in [7, 11) is 0. The fourth-order valence-corrected chi connectivity index (χ4v) is 2.57. The minimum Gasteiger partial charge on any atom is -0.368 e. The average Bonchev–Trinajstić information content (AvgIpc) is 2.65. The highest BCUT2D eigenvalue weighted by molar-refractivity contribution is 5.75. The molecule has 0 aromatic rings. The van der Waals surface area contributed by atoms with Crippen LogP contribution in [-0.4, -0.2) is 17.9 Å². The molecule has 0 amide bonds. The number of carbonyl (C=O) groups excluding carboxylic acids is 1. The first-order valence-electron chi connectivity index (χ1n) is 6.76. The minimum atomic E-state index is 0.304. The number of carbonyl (C=O) groups is 1. The van der Waals surface area contributed by atoms with E-state index < -0.39 is 0 Å². The summed E-state index contributed by atoms with van der Waals surface area (Å²) < 4.78 is 0. The first-order valence-corrected chi connectivity index (χ1v) is 6.76. The van der Waals surface area contributed by atoms with Crippen LogP contribution in [-0.2, 0) is 4.79 Å². The molecule has 1 rings (SSSR count). The maximum absolute atomic E-state index is 10.9. The van der Waals surface area contributed by atoms with Crippen LogP contribution in [0.15, 0.2) is 12.4 Å². The molecule has 1 aliphatic heterocycles. The van der Waals surface area contributed by atoms with Crippen molar-refractivity contribution in [2.45, 2.75) is 65.0 Å². The van der Waals surface area contributed by atoms with Crippen molar-refractivity contribution in [3.05, 3.63) is 12.4 Å². The lowest BCUT2D eigenvalue weighted by atomic mass is 9.90. The van der Waals surface area contributed by atoms with E-state index in [9.17, 15) is 4.79 Å². The largest absolute Gasteiger partial charge is 0.368 e. The molecule has 1 heterocycles. The van der Waals surface area contributed by atoms with Gasteiger partial charge in [-0.3, -0.25) is 0 Å². The van der Waals surface area contributed by atoms with Crippen LogP contribution < -0.4 is 10.6 Å². The highest BCUT2D eigenvalue weighted by atomic mass is 16.1. The van der Waals surface area contributed by atoms with Gasteiger partial charge in [-0.15, -0.1) is 0 Å². The Labute approximate surface area is 105 Å². The molecule has 0 saturated carbocycles. The summed E-state index contributed by atoms with van der Waals surface area (Å²) in [5, 5.41) is 6.82. The summed E-state index contributed by atoms with van der Waals surface area (Å²) in [5.74, 6) is 1.88. The molecule has 3 heteroatoms. The highest BCUT2D eigenvalue weighted by Crippen LogP contribution is 2.21. The molecule has 98 valence electrons. The van der Waals surface area contributed by atoms with Gasteiger partial charge < -0.3 is 15.4 Å². The van der Waals surface area contributed by atoms with Gasteiger partial charge >= 0.3 is 0 Å². The quantitative estimate of drug-likeness (QED) is 0.670. The van der Waals surface area contributed by atoms with Crippen LogP contribution in [0.25, 0.3) is 0 Å². The molecule has 0 aliphatic carbocycles. The van der Waals surface area contributed by atoms with E-state index >= 15 is 0 Å². The molecule has 2 N–H and O–H groups in total. The third kappa shape index (κ3) is 4.41. The van der Waals surface area contributed by atoms with Crippen LogP contribution in [0, 0.1) is 5.92 Å². The molecule has 1 fully saturated rings. The van der Waals surface area contributed by atoms with E-state index in [1.165, 1.54) is 6.42 Å². The summed E-state index contributed by atoms with van der Waals surface area (Å²) in [6.45, 7) is 10.1. The van der Waals surface area contributed by atoms with Crippen LogP contribution in [0.4, 0.5) is 0 Å². The molecule has 0 spiro atoms. The smallest absolute Gasteiger partial charge is 0.129 e. The van der Waals surface area contributed by atoms with Gasteiger partial charge in [0.05, 0.1) is 11.9 Å². The average molecular weight is 238 g/mol. The first-order chi connectivity index (χ1) is 8.04. The van der Waals surface area contributed by atoms with Gasteiger partial charge in [0.25, 0.3) is 0 Å². The fourth-order valence-electron chi connectivity index (χ4n) is 2.57. The number of nitrogens with one attached hydrogen (secondary N) is 2. The fraction of sp³-hybridized carbons (Fsp3) is 0.786. The summed E-state index contributed by atoms with van der Waals surface area (Å²) >= 11 is 0. The second kappa shape index (κ2) is 6.67. The first kappa shape index (κ1) is 14.1. The number of hydrogen-bond donors (Lipinski definition) is 2. The van der Waals surface area contributed by atoms with Crippen LogP contribution in [0.1, 0.15) is 52.9 Å². The van der Waals surface area contributed by atoms with Gasteiger partial charge in [0, 0.05) is 12.5 Å². The van der Waals surface area contributed by atoms with Gasteiger partial charge in [0.15, 0.2) is 0 Å². The molecule has 1 saturated heterocycles. The van der Waals surface area contributed by atoms with Gasteiger partial charge in [-0.1, -0.05) is 26.8 Å². The SMILES string of the molecule is C=C1N[C@H]([C@@H](C)CCCCC(C)=O)[C@H](CC)N1. The Hall–Kier alpha value is -0.990. The second-order valence-electron chi connectivity index (χ2n) is 5.23. The Balaban J connectivity index is 2.29. The molecule has 3 nitrogen and oxygen atoms in total. The number of unbranched alkanes of at least 4 members (excludes halogenated alkanes) is 1. The lowest BCUT2D eigenvalue weighted by molar-refractivity contribution is -0.117. The maximum Gasteiger partial charge on any atom is 0.129 e. The van der Waals surface area contributed by atoms with Crippen molar-refractivity contribution in [2.24, 2.45) is 5.92 Å². The molecular weight excluding hydrogens is 212 g/mol. The molecule has 1 aliphatic rings.